The van der Waals surface area contributed by atoms with Gasteiger partial charge in [-0.05, 0) is 71.2 Å². The molecule has 0 aromatic heterocycles. The first-order valence-electron chi connectivity index (χ1n) is 9.36. The van der Waals surface area contributed by atoms with Gasteiger partial charge in [0.05, 0.1) is 0 Å². The summed E-state index contributed by atoms with van der Waals surface area (Å²) in [6, 6.07) is 8.90. The molecule has 1 aliphatic heterocycles. The van der Waals surface area contributed by atoms with Gasteiger partial charge >= 0.3 is 6.09 Å². The SMILES string of the molecule is CC(C)(C)OC(=O)N1CCC(C=CNC2CC2)C1.Cc1cccc(Br)c1. The molecule has 0 spiro atoms. The number of likely N-dealkylation sites (tertiary alicyclic amines) is 1. The van der Waals surface area contributed by atoms with Gasteiger partial charge in [-0.2, -0.15) is 0 Å². The smallest absolute Gasteiger partial charge is 0.410 e. The Bertz CT molecular complexity index is 603. The van der Waals surface area contributed by atoms with Gasteiger partial charge in [-0.1, -0.05) is 39.7 Å². The van der Waals surface area contributed by atoms with Crippen LogP contribution in [0.4, 0.5) is 4.79 Å². The van der Waals surface area contributed by atoms with Gasteiger partial charge in [0, 0.05) is 23.6 Å². The monoisotopic (exact) mass is 422 g/mol. The van der Waals surface area contributed by atoms with Crippen molar-refractivity contribution in [3.05, 3.63) is 46.6 Å². The summed E-state index contributed by atoms with van der Waals surface area (Å²) in [6.07, 6.45) is 7.66. The molecule has 1 aromatic rings. The van der Waals surface area contributed by atoms with E-state index in [4.69, 9.17) is 4.74 Å². The molecule has 2 fully saturated rings. The number of halogens is 1. The molecule has 2 aliphatic rings. The minimum absolute atomic E-state index is 0.187. The molecule has 1 aliphatic carbocycles. The molecule has 3 rings (SSSR count). The maximum Gasteiger partial charge on any atom is 0.410 e. The number of hydrogen-bond acceptors (Lipinski definition) is 3. The average molecular weight is 423 g/mol. The summed E-state index contributed by atoms with van der Waals surface area (Å²) in [6.45, 7) is 9.35. The van der Waals surface area contributed by atoms with Crippen molar-refractivity contribution in [3.8, 4) is 0 Å². The van der Waals surface area contributed by atoms with Crippen LogP contribution in [0, 0.1) is 12.8 Å². The van der Waals surface area contributed by atoms with Crippen molar-refractivity contribution in [2.24, 2.45) is 5.92 Å². The zero-order chi connectivity index (χ0) is 19.2. The highest BCUT2D eigenvalue weighted by Crippen LogP contribution is 2.21. The van der Waals surface area contributed by atoms with E-state index in [9.17, 15) is 4.79 Å². The van der Waals surface area contributed by atoms with E-state index >= 15 is 0 Å². The van der Waals surface area contributed by atoms with Gasteiger partial charge < -0.3 is 15.0 Å². The molecule has 5 heteroatoms. The molecular formula is C21H31BrN2O2. The van der Waals surface area contributed by atoms with Crippen LogP contribution in [0.3, 0.4) is 0 Å². The number of amides is 1. The second-order valence-electron chi connectivity index (χ2n) is 8.07. The summed E-state index contributed by atoms with van der Waals surface area (Å²) in [5.41, 5.74) is 0.887. The van der Waals surface area contributed by atoms with E-state index in [1.807, 2.05) is 32.9 Å². The molecule has 1 amide bonds. The summed E-state index contributed by atoms with van der Waals surface area (Å²) in [5, 5.41) is 3.35. The standard InChI is InChI=1S/C14H24N2O2.C7H7Br/c1-14(2,3)18-13(17)16-9-7-11(10-16)6-8-15-12-4-5-12;1-6-3-2-4-7(8)5-6/h6,8,11-12,15H,4-5,7,9-10H2,1-3H3;2-5H,1H3. The average Bonchev–Trinajstić information content (AvgIpc) is 3.21. The molecule has 1 N–H and O–H groups in total. The van der Waals surface area contributed by atoms with Crippen molar-refractivity contribution in [1.29, 1.82) is 0 Å². The van der Waals surface area contributed by atoms with E-state index in [0.717, 1.165) is 24.0 Å². The Morgan fingerprint density at radius 1 is 1.31 bits per heavy atom. The first-order valence-corrected chi connectivity index (χ1v) is 10.1. The molecule has 4 nitrogen and oxygen atoms in total. The number of nitrogens with one attached hydrogen (secondary N) is 1. The van der Waals surface area contributed by atoms with Crippen molar-refractivity contribution < 1.29 is 9.53 Å². The lowest BCUT2D eigenvalue weighted by atomic mass is 10.1. The van der Waals surface area contributed by atoms with Gasteiger partial charge in [0.2, 0.25) is 0 Å². The normalized spacial score (nSPS) is 19.9. The van der Waals surface area contributed by atoms with E-state index in [-0.39, 0.29) is 6.09 Å². The van der Waals surface area contributed by atoms with Crippen molar-refractivity contribution in [2.75, 3.05) is 13.1 Å². The van der Waals surface area contributed by atoms with Crippen molar-refractivity contribution in [2.45, 2.75) is 58.6 Å². The molecular weight excluding hydrogens is 392 g/mol. The van der Waals surface area contributed by atoms with Crippen LogP contribution in [0.25, 0.3) is 0 Å². The molecule has 1 heterocycles. The quantitative estimate of drug-likeness (QED) is 0.721. The van der Waals surface area contributed by atoms with Crippen LogP contribution in [-0.4, -0.2) is 35.7 Å². The highest BCUT2D eigenvalue weighted by atomic mass is 79.9. The Kier molecular flexibility index (Phi) is 7.56. The van der Waals surface area contributed by atoms with Crippen LogP contribution in [0.1, 0.15) is 45.6 Å². The maximum atomic E-state index is 11.9. The van der Waals surface area contributed by atoms with Gasteiger partial charge in [-0.25, -0.2) is 4.79 Å². The van der Waals surface area contributed by atoms with Gasteiger partial charge in [0.15, 0.2) is 0 Å². The molecule has 1 saturated carbocycles. The number of benzene rings is 1. The molecule has 0 radical (unpaired) electrons. The van der Waals surface area contributed by atoms with Crippen LogP contribution in [0.5, 0.6) is 0 Å². The van der Waals surface area contributed by atoms with Gasteiger partial charge in [-0.15, -0.1) is 0 Å². The fraction of sp³-hybridized carbons (Fsp3) is 0.571. The third-order valence-corrected chi connectivity index (χ3v) is 4.63. The topological polar surface area (TPSA) is 41.6 Å². The lowest BCUT2D eigenvalue weighted by Crippen LogP contribution is -2.35. The third kappa shape index (κ3) is 8.26. The molecule has 144 valence electrons. The Morgan fingerprint density at radius 3 is 2.58 bits per heavy atom. The lowest BCUT2D eigenvalue weighted by Gasteiger charge is -2.24. The van der Waals surface area contributed by atoms with Crippen LogP contribution < -0.4 is 5.32 Å². The molecule has 26 heavy (non-hydrogen) atoms. The van der Waals surface area contributed by atoms with Crippen LogP contribution in [0.15, 0.2) is 41.0 Å². The number of carbonyl (C=O) groups excluding carboxylic acids is 1. The molecule has 0 bridgehead atoms. The second-order valence-corrected chi connectivity index (χ2v) is 8.99. The molecule has 1 aromatic carbocycles. The number of hydrogen-bond donors (Lipinski definition) is 1. The zero-order valence-corrected chi connectivity index (χ0v) is 17.9. The molecule has 1 unspecified atom stereocenters. The van der Waals surface area contributed by atoms with E-state index in [1.165, 1.54) is 18.4 Å². The number of rotatable bonds is 3. The highest BCUT2D eigenvalue weighted by Gasteiger charge is 2.28. The van der Waals surface area contributed by atoms with Gasteiger partial charge in [0.25, 0.3) is 0 Å². The first kappa shape index (κ1) is 20.8. The van der Waals surface area contributed by atoms with Crippen LogP contribution >= 0.6 is 15.9 Å². The number of aryl methyl sites for hydroxylation is 1. The minimum Gasteiger partial charge on any atom is -0.444 e. The summed E-state index contributed by atoms with van der Waals surface area (Å²) in [5.74, 6) is 0.462. The van der Waals surface area contributed by atoms with E-state index in [2.05, 4.69) is 52.6 Å². The number of nitrogens with zero attached hydrogens (tertiary/aromatic N) is 1. The Labute approximate surface area is 166 Å². The zero-order valence-electron chi connectivity index (χ0n) is 16.3. The largest absolute Gasteiger partial charge is 0.444 e. The summed E-state index contributed by atoms with van der Waals surface area (Å²) in [7, 11) is 0. The molecule has 1 atom stereocenters. The first-order chi connectivity index (χ1) is 12.2. The van der Waals surface area contributed by atoms with Gasteiger partial charge in [-0.3, -0.25) is 0 Å². The maximum absolute atomic E-state index is 11.9. The van der Waals surface area contributed by atoms with Gasteiger partial charge in [0.1, 0.15) is 5.60 Å². The van der Waals surface area contributed by atoms with E-state index < -0.39 is 5.60 Å². The predicted molar refractivity (Wildman–Crippen MR) is 110 cm³/mol. The second kappa shape index (κ2) is 9.45. The lowest BCUT2D eigenvalue weighted by molar-refractivity contribution is 0.0291. The number of carbonyl (C=O) groups is 1. The predicted octanol–water partition coefficient (Wildman–Crippen LogP) is 5.27. The van der Waals surface area contributed by atoms with Crippen LogP contribution in [-0.2, 0) is 4.74 Å². The summed E-state index contributed by atoms with van der Waals surface area (Å²) < 4.78 is 6.52. The Balaban J connectivity index is 0.000000254. The summed E-state index contributed by atoms with van der Waals surface area (Å²) in [4.78, 5) is 13.7. The third-order valence-electron chi connectivity index (χ3n) is 4.13. The van der Waals surface area contributed by atoms with Crippen LogP contribution in [0.2, 0.25) is 0 Å². The minimum atomic E-state index is -0.404. The molecule has 1 saturated heterocycles. The van der Waals surface area contributed by atoms with E-state index in [1.54, 1.807) is 4.90 Å². The Morgan fingerprint density at radius 2 is 2.04 bits per heavy atom. The van der Waals surface area contributed by atoms with Crippen molar-refractivity contribution in [3.63, 3.8) is 0 Å². The highest BCUT2D eigenvalue weighted by molar-refractivity contribution is 9.10. The Hall–Kier alpha value is -1.49. The van der Waals surface area contributed by atoms with Crippen molar-refractivity contribution in [1.82, 2.24) is 10.2 Å². The summed E-state index contributed by atoms with van der Waals surface area (Å²) >= 11 is 3.36. The fourth-order valence-corrected chi connectivity index (χ4v) is 3.13. The van der Waals surface area contributed by atoms with E-state index in [0.29, 0.717) is 12.0 Å². The fourth-order valence-electron chi connectivity index (χ4n) is 2.62. The van der Waals surface area contributed by atoms with Crippen molar-refractivity contribution >= 4 is 22.0 Å². The number of ether oxygens (including phenoxy) is 1.